The van der Waals surface area contributed by atoms with Gasteiger partial charge in [-0.15, -0.1) is 0 Å². The third kappa shape index (κ3) is 2.89. The van der Waals surface area contributed by atoms with Crippen LogP contribution in [-0.2, 0) is 19.4 Å². The standard InChI is InChI=1S/C21H25NO2/c1-14-10-16-11-20(23-2)17(12-21(16)24-14)13-22-19-9-5-7-15-6-3-4-8-18(15)19/h3-4,6,8,11-12,14,19,22H,5,7,9-10,13H2,1-2H3. The summed E-state index contributed by atoms with van der Waals surface area (Å²) in [6, 6.07) is 13.5. The van der Waals surface area contributed by atoms with Crippen LogP contribution in [0, 0.1) is 0 Å². The summed E-state index contributed by atoms with van der Waals surface area (Å²) in [4.78, 5) is 0. The van der Waals surface area contributed by atoms with E-state index in [1.165, 1.54) is 41.5 Å². The normalized spacial score (nSPS) is 21.8. The molecule has 2 unspecified atom stereocenters. The molecule has 4 rings (SSSR count). The summed E-state index contributed by atoms with van der Waals surface area (Å²) in [6.45, 7) is 2.91. The van der Waals surface area contributed by atoms with Gasteiger partial charge in [-0.2, -0.15) is 0 Å². The third-order valence-electron chi connectivity index (χ3n) is 5.21. The van der Waals surface area contributed by atoms with Gasteiger partial charge in [0.05, 0.1) is 7.11 Å². The molecule has 3 heteroatoms. The van der Waals surface area contributed by atoms with Crippen LogP contribution in [0.3, 0.4) is 0 Å². The first-order chi connectivity index (χ1) is 11.7. The van der Waals surface area contributed by atoms with Gasteiger partial charge >= 0.3 is 0 Å². The maximum absolute atomic E-state index is 5.91. The van der Waals surface area contributed by atoms with Gasteiger partial charge in [0.1, 0.15) is 17.6 Å². The van der Waals surface area contributed by atoms with Gasteiger partial charge in [0.25, 0.3) is 0 Å². The van der Waals surface area contributed by atoms with Crippen LogP contribution in [0.4, 0.5) is 0 Å². The third-order valence-corrected chi connectivity index (χ3v) is 5.21. The Morgan fingerprint density at radius 1 is 1.21 bits per heavy atom. The lowest BCUT2D eigenvalue weighted by molar-refractivity contribution is 0.254. The highest BCUT2D eigenvalue weighted by Gasteiger charge is 2.23. The Morgan fingerprint density at radius 2 is 2.08 bits per heavy atom. The molecule has 2 aromatic rings. The minimum Gasteiger partial charge on any atom is -0.496 e. The molecule has 1 aliphatic carbocycles. The van der Waals surface area contributed by atoms with Crippen LogP contribution in [0.15, 0.2) is 36.4 Å². The van der Waals surface area contributed by atoms with Crippen LogP contribution < -0.4 is 14.8 Å². The number of benzene rings is 2. The molecule has 0 saturated heterocycles. The number of fused-ring (bicyclic) bond motifs is 2. The number of nitrogens with one attached hydrogen (secondary N) is 1. The molecule has 2 atom stereocenters. The predicted octanol–water partition coefficient (Wildman–Crippen LogP) is 4.19. The van der Waals surface area contributed by atoms with Crippen molar-refractivity contribution >= 4 is 0 Å². The Morgan fingerprint density at radius 3 is 2.96 bits per heavy atom. The van der Waals surface area contributed by atoms with Crippen molar-refractivity contribution in [1.29, 1.82) is 0 Å². The predicted molar refractivity (Wildman–Crippen MR) is 95.7 cm³/mol. The number of methoxy groups -OCH3 is 1. The SMILES string of the molecule is COc1cc2c(cc1CNC1CCCc3ccccc31)OC(C)C2. The van der Waals surface area contributed by atoms with E-state index in [0.717, 1.165) is 24.5 Å². The van der Waals surface area contributed by atoms with Crippen molar-refractivity contribution in [3.05, 3.63) is 58.7 Å². The zero-order valence-corrected chi connectivity index (χ0v) is 14.5. The lowest BCUT2D eigenvalue weighted by atomic mass is 9.87. The average molecular weight is 323 g/mol. The van der Waals surface area contributed by atoms with Gasteiger partial charge < -0.3 is 14.8 Å². The van der Waals surface area contributed by atoms with E-state index in [-0.39, 0.29) is 6.10 Å². The Hall–Kier alpha value is -2.00. The summed E-state index contributed by atoms with van der Waals surface area (Å²) in [7, 11) is 1.75. The zero-order valence-electron chi connectivity index (χ0n) is 14.5. The summed E-state index contributed by atoms with van der Waals surface area (Å²) in [5.74, 6) is 1.98. The lowest BCUT2D eigenvalue weighted by Crippen LogP contribution is -2.25. The molecule has 0 saturated carbocycles. The summed E-state index contributed by atoms with van der Waals surface area (Å²) >= 11 is 0. The number of ether oxygens (including phenoxy) is 2. The van der Waals surface area contributed by atoms with Gasteiger partial charge in [-0.25, -0.2) is 0 Å². The highest BCUT2D eigenvalue weighted by Crippen LogP contribution is 2.36. The second-order valence-electron chi connectivity index (χ2n) is 6.93. The molecule has 2 aliphatic rings. The van der Waals surface area contributed by atoms with Gasteiger partial charge in [0, 0.05) is 30.1 Å². The van der Waals surface area contributed by atoms with Crippen molar-refractivity contribution in [3.63, 3.8) is 0 Å². The molecule has 0 aromatic heterocycles. The molecule has 1 aliphatic heterocycles. The highest BCUT2D eigenvalue weighted by molar-refractivity contribution is 5.48. The molecular formula is C21H25NO2. The summed E-state index contributed by atoms with van der Waals surface area (Å²) in [6.07, 6.45) is 4.87. The van der Waals surface area contributed by atoms with Crippen LogP contribution in [0.2, 0.25) is 0 Å². The van der Waals surface area contributed by atoms with E-state index in [9.17, 15) is 0 Å². The molecule has 3 nitrogen and oxygen atoms in total. The number of rotatable bonds is 4. The Balaban J connectivity index is 1.54. The van der Waals surface area contributed by atoms with Crippen LogP contribution in [0.1, 0.15) is 48.1 Å². The fourth-order valence-corrected chi connectivity index (χ4v) is 4.01. The lowest BCUT2D eigenvalue weighted by Gasteiger charge is -2.27. The fraction of sp³-hybridized carbons (Fsp3) is 0.429. The van der Waals surface area contributed by atoms with E-state index in [2.05, 4.69) is 48.6 Å². The average Bonchev–Trinajstić information content (AvgIpc) is 2.97. The van der Waals surface area contributed by atoms with Crippen molar-refractivity contribution in [2.24, 2.45) is 0 Å². The van der Waals surface area contributed by atoms with E-state index >= 15 is 0 Å². The molecule has 0 fully saturated rings. The first-order valence-corrected chi connectivity index (χ1v) is 8.92. The quantitative estimate of drug-likeness (QED) is 0.915. The molecule has 126 valence electrons. The monoisotopic (exact) mass is 323 g/mol. The van der Waals surface area contributed by atoms with Crippen molar-refractivity contribution < 1.29 is 9.47 Å². The minimum absolute atomic E-state index is 0.262. The van der Waals surface area contributed by atoms with E-state index in [1.54, 1.807) is 7.11 Å². The highest BCUT2D eigenvalue weighted by atomic mass is 16.5. The summed E-state index contributed by atoms with van der Waals surface area (Å²) in [5.41, 5.74) is 5.37. The maximum Gasteiger partial charge on any atom is 0.123 e. The first-order valence-electron chi connectivity index (χ1n) is 8.92. The van der Waals surface area contributed by atoms with Crippen LogP contribution in [0.5, 0.6) is 11.5 Å². The van der Waals surface area contributed by atoms with Crippen molar-refractivity contribution in [1.82, 2.24) is 5.32 Å². The van der Waals surface area contributed by atoms with Crippen LogP contribution in [-0.4, -0.2) is 13.2 Å². The molecule has 24 heavy (non-hydrogen) atoms. The Kier molecular flexibility index (Phi) is 4.19. The van der Waals surface area contributed by atoms with Crippen LogP contribution >= 0.6 is 0 Å². The second kappa shape index (κ2) is 6.48. The van der Waals surface area contributed by atoms with E-state index in [1.807, 2.05) is 0 Å². The summed E-state index contributed by atoms with van der Waals surface area (Å²) in [5, 5.41) is 3.74. The molecule has 0 amide bonds. The van der Waals surface area contributed by atoms with Gasteiger partial charge in [0.15, 0.2) is 0 Å². The Bertz CT molecular complexity index is 741. The second-order valence-corrected chi connectivity index (χ2v) is 6.93. The van der Waals surface area contributed by atoms with Crippen molar-refractivity contribution in [2.75, 3.05) is 7.11 Å². The molecule has 0 spiro atoms. The number of hydrogen-bond acceptors (Lipinski definition) is 3. The minimum atomic E-state index is 0.262. The number of aryl methyl sites for hydroxylation is 1. The first kappa shape index (κ1) is 15.5. The van der Waals surface area contributed by atoms with Gasteiger partial charge in [0.2, 0.25) is 0 Å². The smallest absolute Gasteiger partial charge is 0.123 e. The molecule has 0 radical (unpaired) electrons. The molecule has 1 heterocycles. The molecule has 0 bridgehead atoms. The number of hydrogen-bond donors (Lipinski definition) is 1. The van der Waals surface area contributed by atoms with E-state index < -0.39 is 0 Å². The van der Waals surface area contributed by atoms with Crippen LogP contribution in [0.25, 0.3) is 0 Å². The zero-order chi connectivity index (χ0) is 16.5. The molecule has 2 aromatic carbocycles. The fourth-order valence-electron chi connectivity index (χ4n) is 4.01. The Labute approximate surface area is 144 Å². The maximum atomic E-state index is 5.91. The van der Waals surface area contributed by atoms with Gasteiger partial charge in [-0.05, 0) is 49.4 Å². The largest absolute Gasteiger partial charge is 0.496 e. The van der Waals surface area contributed by atoms with Gasteiger partial charge in [-0.3, -0.25) is 0 Å². The molecule has 1 N–H and O–H groups in total. The van der Waals surface area contributed by atoms with E-state index in [4.69, 9.17) is 9.47 Å². The van der Waals surface area contributed by atoms with Crippen molar-refractivity contribution in [3.8, 4) is 11.5 Å². The molecular weight excluding hydrogens is 298 g/mol. The van der Waals surface area contributed by atoms with E-state index in [0.29, 0.717) is 6.04 Å². The van der Waals surface area contributed by atoms with Gasteiger partial charge in [-0.1, -0.05) is 24.3 Å². The summed E-state index contributed by atoms with van der Waals surface area (Å²) < 4.78 is 11.5. The van der Waals surface area contributed by atoms with Crippen molar-refractivity contribution in [2.45, 2.75) is 51.3 Å². The topological polar surface area (TPSA) is 30.5 Å².